The van der Waals surface area contributed by atoms with Crippen LogP contribution in [0.4, 0.5) is 0 Å². The van der Waals surface area contributed by atoms with Crippen LogP contribution in [0.25, 0.3) is 10.8 Å². The van der Waals surface area contributed by atoms with Crippen LogP contribution in [0.1, 0.15) is 43.2 Å². The van der Waals surface area contributed by atoms with Gasteiger partial charge in [-0.05, 0) is 60.6 Å². The first-order chi connectivity index (χ1) is 21.0. The van der Waals surface area contributed by atoms with Crippen LogP contribution in [0.15, 0.2) is 76.6 Å². The summed E-state index contributed by atoms with van der Waals surface area (Å²) in [5, 5.41) is 12.1. The zero-order valence-electron chi connectivity index (χ0n) is 24.5. The molecule has 1 aliphatic rings. The lowest BCUT2D eigenvalue weighted by Gasteiger charge is -2.31. The van der Waals surface area contributed by atoms with Gasteiger partial charge in [0.25, 0.3) is 0 Å². The zero-order valence-corrected chi connectivity index (χ0v) is 25.4. The van der Waals surface area contributed by atoms with E-state index in [2.05, 4.69) is 15.0 Å². The average Bonchev–Trinajstić information content (AvgIpc) is 3.02. The van der Waals surface area contributed by atoms with Gasteiger partial charge in [0.2, 0.25) is 21.8 Å². The molecule has 0 aliphatic carbocycles. The van der Waals surface area contributed by atoms with Crippen LogP contribution in [-0.2, 0) is 26.0 Å². The van der Waals surface area contributed by atoms with E-state index in [9.17, 15) is 18.0 Å². The minimum atomic E-state index is -4.12. The highest BCUT2D eigenvalue weighted by Crippen LogP contribution is 2.20. The zero-order chi connectivity index (χ0) is 31.7. The highest BCUT2D eigenvalue weighted by molar-refractivity contribution is 7.89. The predicted octanol–water partition coefficient (Wildman–Crippen LogP) is 1.56. The number of rotatable bonds is 13. The van der Waals surface area contributed by atoms with E-state index in [1.54, 1.807) is 41.3 Å². The Bertz CT molecular complexity index is 1620. The molecule has 4 rings (SSSR count). The number of piperidine rings is 1. The maximum atomic E-state index is 13.8. The van der Waals surface area contributed by atoms with Crippen molar-refractivity contribution in [2.75, 3.05) is 19.6 Å². The van der Waals surface area contributed by atoms with Crippen molar-refractivity contribution in [1.82, 2.24) is 14.9 Å². The number of guanidine groups is 1. The molecule has 1 heterocycles. The van der Waals surface area contributed by atoms with Gasteiger partial charge in [-0.2, -0.15) is 4.72 Å². The van der Waals surface area contributed by atoms with Crippen molar-refractivity contribution in [2.45, 2.75) is 55.5 Å². The Morgan fingerprint density at radius 2 is 1.59 bits per heavy atom. The van der Waals surface area contributed by atoms with Gasteiger partial charge in [0.1, 0.15) is 17.9 Å². The van der Waals surface area contributed by atoms with Gasteiger partial charge in [-0.3, -0.25) is 20.0 Å². The van der Waals surface area contributed by atoms with Crippen molar-refractivity contribution in [3.8, 4) is 0 Å². The van der Waals surface area contributed by atoms with Crippen molar-refractivity contribution in [1.29, 1.82) is 5.41 Å². The van der Waals surface area contributed by atoms with E-state index in [-0.39, 0.29) is 42.0 Å². The molecule has 44 heavy (non-hydrogen) atoms. The first-order valence-corrected chi connectivity index (χ1v) is 16.1. The van der Waals surface area contributed by atoms with E-state index in [1.165, 1.54) is 6.07 Å². The summed E-state index contributed by atoms with van der Waals surface area (Å²) in [6.45, 7) is 1.37. The Morgan fingerprint density at radius 1 is 0.909 bits per heavy atom. The molecule has 0 aromatic heterocycles. The lowest BCUT2D eigenvalue weighted by atomic mass is 10.0. The van der Waals surface area contributed by atoms with Crippen molar-refractivity contribution in [3.63, 3.8) is 0 Å². The smallest absolute Gasteiger partial charge is 0.245 e. The fourth-order valence-corrected chi connectivity index (χ4v) is 6.47. The van der Waals surface area contributed by atoms with E-state index in [0.29, 0.717) is 25.1 Å². The summed E-state index contributed by atoms with van der Waals surface area (Å²) in [5.41, 5.74) is 17.8. The Morgan fingerprint density at radius 3 is 2.25 bits per heavy atom. The Labute approximate surface area is 257 Å². The van der Waals surface area contributed by atoms with E-state index < -0.39 is 28.0 Å². The Kier molecular flexibility index (Phi) is 10.9. The fraction of sp³-hybridized carbons (Fsp3) is 0.355. The molecule has 0 saturated carbocycles. The molecule has 2 atom stereocenters. The first-order valence-electron chi connectivity index (χ1n) is 14.6. The molecule has 3 aromatic carbocycles. The minimum Gasteiger partial charge on any atom is -0.384 e. The number of nitrogens with one attached hydrogen (secondary N) is 3. The molecule has 2 amide bonds. The third-order valence-corrected chi connectivity index (χ3v) is 9.05. The molecule has 0 unspecified atom stereocenters. The van der Waals surface area contributed by atoms with Gasteiger partial charge in [-0.1, -0.05) is 54.6 Å². The number of carbonyl (C=O) groups excluding carboxylic acids is 2. The monoisotopic (exact) mass is 620 g/mol. The Balaban J connectivity index is 1.58. The van der Waals surface area contributed by atoms with Crippen molar-refractivity contribution < 1.29 is 18.0 Å². The molecule has 3 aromatic rings. The Hall–Kier alpha value is -4.49. The molecular formula is C31H40N8O4S. The number of benzene rings is 3. The van der Waals surface area contributed by atoms with E-state index in [4.69, 9.17) is 22.6 Å². The number of aliphatic imine (C=N–C) groups is 1. The van der Waals surface area contributed by atoms with Crippen LogP contribution in [0.2, 0.25) is 0 Å². The van der Waals surface area contributed by atoms with Gasteiger partial charge < -0.3 is 27.4 Å². The number of amides is 2. The molecule has 12 nitrogen and oxygen atoms in total. The standard InChI is InChI=1S/C31H40N8O4S/c32-28(33)23-12-10-21(11-13-23)19-27(30(41)39-17-4-1-5-18-39)37-29(40)26(9-6-16-36-31(34)35)38-44(42,43)25-15-14-22-7-2-3-8-24(22)20-25/h2-3,7-8,10-15,20,26-27,38H,1,4-6,9,16-19H2,(H3,32,33)(H,37,40)(H4,34,35,36)/t26-,27+/m0/s1. The highest BCUT2D eigenvalue weighted by Gasteiger charge is 2.32. The molecule has 1 saturated heterocycles. The predicted molar refractivity (Wildman–Crippen MR) is 171 cm³/mol. The van der Waals surface area contributed by atoms with E-state index in [0.717, 1.165) is 35.6 Å². The molecule has 234 valence electrons. The molecule has 0 radical (unpaired) electrons. The largest absolute Gasteiger partial charge is 0.384 e. The average molecular weight is 621 g/mol. The van der Waals surface area contributed by atoms with Crippen LogP contribution in [-0.4, -0.2) is 68.6 Å². The summed E-state index contributed by atoms with van der Waals surface area (Å²) < 4.78 is 29.6. The van der Waals surface area contributed by atoms with Gasteiger partial charge in [-0.25, -0.2) is 8.42 Å². The van der Waals surface area contributed by atoms with Gasteiger partial charge in [0.05, 0.1) is 4.90 Å². The van der Waals surface area contributed by atoms with Gasteiger partial charge >= 0.3 is 0 Å². The fourth-order valence-electron chi connectivity index (χ4n) is 5.20. The minimum absolute atomic E-state index is 0.0183. The van der Waals surface area contributed by atoms with Gasteiger partial charge in [0, 0.05) is 31.6 Å². The number of carbonyl (C=O) groups is 2. The summed E-state index contributed by atoms with van der Waals surface area (Å²) >= 11 is 0. The maximum Gasteiger partial charge on any atom is 0.245 e. The molecule has 13 heteroatoms. The van der Waals surface area contributed by atoms with Crippen molar-refractivity contribution >= 4 is 44.4 Å². The number of nitrogen functional groups attached to an aromatic ring is 1. The number of amidine groups is 1. The van der Waals surface area contributed by atoms with Crippen molar-refractivity contribution in [3.05, 3.63) is 77.9 Å². The molecule has 9 N–H and O–H groups in total. The molecular weight excluding hydrogens is 580 g/mol. The third-order valence-electron chi connectivity index (χ3n) is 7.58. The quantitative estimate of drug-likeness (QED) is 0.0942. The van der Waals surface area contributed by atoms with Crippen LogP contribution in [0.5, 0.6) is 0 Å². The number of nitrogens with zero attached hydrogens (tertiary/aromatic N) is 2. The lowest BCUT2D eigenvalue weighted by molar-refractivity contribution is -0.137. The van der Waals surface area contributed by atoms with Crippen LogP contribution < -0.4 is 27.2 Å². The normalized spacial score (nSPS) is 14.9. The number of hydrogen-bond donors (Lipinski definition) is 6. The number of hydrogen-bond acceptors (Lipinski definition) is 6. The number of likely N-dealkylation sites (tertiary alicyclic amines) is 1. The second kappa shape index (κ2) is 14.8. The van der Waals surface area contributed by atoms with E-state index >= 15 is 0 Å². The second-order valence-electron chi connectivity index (χ2n) is 10.9. The number of sulfonamides is 1. The molecule has 0 bridgehead atoms. The SMILES string of the molecule is N=C(N)c1ccc(C[C@@H](NC(=O)[C@H](CCCN=C(N)N)NS(=O)(=O)c2ccc3ccccc3c2)C(=O)N2CCCCC2)cc1. The highest BCUT2D eigenvalue weighted by atomic mass is 32.2. The summed E-state index contributed by atoms with van der Waals surface area (Å²) in [5.74, 6) is -1.04. The number of fused-ring (bicyclic) bond motifs is 1. The maximum absolute atomic E-state index is 13.8. The van der Waals surface area contributed by atoms with Gasteiger partial charge in [0.15, 0.2) is 5.96 Å². The lowest BCUT2D eigenvalue weighted by Crippen LogP contribution is -2.55. The number of nitrogens with two attached hydrogens (primary N) is 3. The summed E-state index contributed by atoms with van der Waals surface area (Å²) in [6, 6.07) is 16.9. The third kappa shape index (κ3) is 8.77. The first kappa shape index (κ1) is 32.4. The van der Waals surface area contributed by atoms with E-state index in [1.807, 2.05) is 24.3 Å². The summed E-state index contributed by atoms with van der Waals surface area (Å²) in [6.07, 6.45) is 3.36. The van der Waals surface area contributed by atoms with Crippen molar-refractivity contribution in [2.24, 2.45) is 22.2 Å². The summed E-state index contributed by atoms with van der Waals surface area (Å²) in [7, 11) is -4.12. The molecule has 0 spiro atoms. The molecule has 1 aliphatic heterocycles. The van der Waals surface area contributed by atoms with Crippen LogP contribution in [0.3, 0.4) is 0 Å². The topological polar surface area (TPSA) is 210 Å². The van der Waals surface area contributed by atoms with Crippen LogP contribution in [0, 0.1) is 5.41 Å². The van der Waals surface area contributed by atoms with Crippen LogP contribution >= 0.6 is 0 Å². The summed E-state index contributed by atoms with van der Waals surface area (Å²) in [4.78, 5) is 33.2. The van der Waals surface area contributed by atoms with Gasteiger partial charge in [-0.15, -0.1) is 0 Å². The molecule has 1 fully saturated rings. The second-order valence-corrected chi connectivity index (χ2v) is 12.6.